The fraction of sp³-hybridized carbons (Fsp3) is 0.615. The van der Waals surface area contributed by atoms with Gasteiger partial charge in [-0.2, -0.15) is 0 Å². The van der Waals surface area contributed by atoms with E-state index < -0.39 is 0 Å². The van der Waals surface area contributed by atoms with Gasteiger partial charge in [0.05, 0.1) is 5.69 Å². The van der Waals surface area contributed by atoms with Crippen LogP contribution in [0.3, 0.4) is 0 Å². The standard InChI is InChI=1S/C13H22N2O/c1-11(2)15(8-5-9-16)10-13-7-4-6-12(3)14-13/h4,6-7,11,16H,5,8-10H2,1-3H3. The van der Waals surface area contributed by atoms with Crippen LogP contribution in [0, 0.1) is 6.92 Å². The zero-order chi connectivity index (χ0) is 12.0. The van der Waals surface area contributed by atoms with Gasteiger partial charge in [-0.3, -0.25) is 9.88 Å². The van der Waals surface area contributed by atoms with E-state index in [0.29, 0.717) is 6.04 Å². The highest BCUT2D eigenvalue weighted by atomic mass is 16.3. The van der Waals surface area contributed by atoms with E-state index in [-0.39, 0.29) is 6.61 Å². The van der Waals surface area contributed by atoms with Crippen LogP contribution in [0.25, 0.3) is 0 Å². The second-order valence-corrected chi connectivity index (χ2v) is 4.41. The number of aliphatic hydroxyl groups excluding tert-OH is 1. The van der Waals surface area contributed by atoms with Gasteiger partial charge in [0.1, 0.15) is 0 Å². The molecule has 0 aromatic carbocycles. The van der Waals surface area contributed by atoms with E-state index in [1.54, 1.807) is 0 Å². The van der Waals surface area contributed by atoms with Gasteiger partial charge in [-0.15, -0.1) is 0 Å². The first kappa shape index (κ1) is 13.1. The maximum absolute atomic E-state index is 8.86. The van der Waals surface area contributed by atoms with E-state index in [1.807, 2.05) is 19.1 Å². The summed E-state index contributed by atoms with van der Waals surface area (Å²) >= 11 is 0. The molecule has 90 valence electrons. The quantitative estimate of drug-likeness (QED) is 0.799. The van der Waals surface area contributed by atoms with Crippen molar-refractivity contribution in [2.24, 2.45) is 0 Å². The molecule has 1 aromatic rings. The largest absolute Gasteiger partial charge is 0.396 e. The zero-order valence-corrected chi connectivity index (χ0v) is 10.5. The average Bonchev–Trinajstić information content (AvgIpc) is 2.24. The molecule has 3 nitrogen and oxygen atoms in total. The molecule has 1 N–H and O–H groups in total. The van der Waals surface area contributed by atoms with Crippen LogP contribution in [-0.4, -0.2) is 34.2 Å². The average molecular weight is 222 g/mol. The highest BCUT2D eigenvalue weighted by Crippen LogP contribution is 2.07. The second-order valence-electron chi connectivity index (χ2n) is 4.41. The van der Waals surface area contributed by atoms with Gasteiger partial charge in [-0.1, -0.05) is 6.07 Å². The maximum atomic E-state index is 8.86. The molecule has 0 aliphatic rings. The Bertz CT molecular complexity index is 313. The van der Waals surface area contributed by atoms with Gasteiger partial charge in [0.25, 0.3) is 0 Å². The summed E-state index contributed by atoms with van der Waals surface area (Å²) in [6.45, 7) is 8.39. The van der Waals surface area contributed by atoms with Gasteiger partial charge in [0, 0.05) is 31.4 Å². The predicted octanol–water partition coefficient (Wildman–Crippen LogP) is 1.98. The second kappa shape index (κ2) is 6.61. The van der Waals surface area contributed by atoms with Crippen LogP contribution < -0.4 is 0 Å². The van der Waals surface area contributed by atoms with Crippen molar-refractivity contribution in [3.8, 4) is 0 Å². The molecular formula is C13H22N2O. The number of aryl methyl sites for hydroxylation is 1. The van der Waals surface area contributed by atoms with Crippen molar-refractivity contribution >= 4 is 0 Å². The third-order valence-electron chi connectivity index (χ3n) is 2.64. The van der Waals surface area contributed by atoms with Crippen LogP contribution in [0.1, 0.15) is 31.7 Å². The number of aliphatic hydroxyl groups is 1. The summed E-state index contributed by atoms with van der Waals surface area (Å²) in [5.74, 6) is 0. The Morgan fingerprint density at radius 2 is 2.12 bits per heavy atom. The Balaban J connectivity index is 2.60. The lowest BCUT2D eigenvalue weighted by molar-refractivity contribution is 0.183. The van der Waals surface area contributed by atoms with Gasteiger partial charge < -0.3 is 5.11 Å². The van der Waals surface area contributed by atoms with E-state index in [4.69, 9.17) is 5.11 Å². The van der Waals surface area contributed by atoms with Crippen LogP contribution in [-0.2, 0) is 6.54 Å². The third kappa shape index (κ3) is 4.29. The Labute approximate surface area is 98.1 Å². The SMILES string of the molecule is Cc1cccc(CN(CCCO)C(C)C)n1. The molecule has 0 fully saturated rings. The fourth-order valence-corrected chi connectivity index (χ4v) is 1.69. The monoisotopic (exact) mass is 222 g/mol. The molecule has 0 atom stereocenters. The fourth-order valence-electron chi connectivity index (χ4n) is 1.69. The molecular weight excluding hydrogens is 200 g/mol. The van der Waals surface area contributed by atoms with Crippen LogP contribution in [0.4, 0.5) is 0 Å². The highest BCUT2D eigenvalue weighted by Gasteiger charge is 2.10. The molecule has 16 heavy (non-hydrogen) atoms. The molecule has 0 saturated carbocycles. The minimum atomic E-state index is 0.254. The summed E-state index contributed by atoms with van der Waals surface area (Å²) in [7, 11) is 0. The molecule has 0 amide bonds. The predicted molar refractivity (Wildman–Crippen MR) is 66.2 cm³/mol. The molecule has 0 spiro atoms. The van der Waals surface area contributed by atoms with Crippen molar-refractivity contribution in [2.45, 2.75) is 39.8 Å². The maximum Gasteiger partial charge on any atom is 0.0547 e. The van der Waals surface area contributed by atoms with Gasteiger partial charge in [0.2, 0.25) is 0 Å². The number of hydrogen-bond donors (Lipinski definition) is 1. The van der Waals surface area contributed by atoms with Crippen molar-refractivity contribution in [1.29, 1.82) is 0 Å². The van der Waals surface area contributed by atoms with Crippen molar-refractivity contribution in [2.75, 3.05) is 13.2 Å². The van der Waals surface area contributed by atoms with Gasteiger partial charge >= 0.3 is 0 Å². The Morgan fingerprint density at radius 3 is 2.69 bits per heavy atom. The Morgan fingerprint density at radius 1 is 1.38 bits per heavy atom. The molecule has 0 bridgehead atoms. The Hall–Kier alpha value is -0.930. The number of hydrogen-bond acceptors (Lipinski definition) is 3. The molecule has 0 radical (unpaired) electrons. The lowest BCUT2D eigenvalue weighted by Crippen LogP contribution is -2.32. The highest BCUT2D eigenvalue weighted by molar-refractivity contribution is 5.09. The van der Waals surface area contributed by atoms with Crippen molar-refractivity contribution in [3.05, 3.63) is 29.6 Å². The lowest BCUT2D eigenvalue weighted by atomic mass is 10.2. The number of aromatic nitrogens is 1. The molecule has 0 aliphatic heterocycles. The van der Waals surface area contributed by atoms with Gasteiger partial charge in [-0.05, 0) is 39.3 Å². The summed E-state index contributed by atoms with van der Waals surface area (Å²) in [5.41, 5.74) is 2.16. The van der Waals surface area contributed by atoms with E-state index in [9.17, 15) is 0 Å². The summed E-state index contributed by atoms with van der Waals surface area (Å²) in [5, 5.41) is 8.86. The minimum Gasteiger partial charge on any atom is -0.396 e. The molecule has 3 heteroatoms. The summed E-state index contributed by atoms with van der Waals surface area (Å²) in [4.78, 5) is 6.83. The van der Waals surface area contributed by atoms with Crippen LogP contribution in [0.5, 0.6) is 0 Å². The molecule has 1 heterocycles. The van der Waals surface area contributed by atoms with E-state index in [0.717, 1.165) is 30.9 Å². The summed E-state index contributed by atoms with van der Waals surface area (Å²) in [6.07, 6.45) is 0.823. The number of rotatable bonds is 6. The normalized spacial score (nSPS) is 11.4. The van der Waals surface area contributed by atoms with Crippen LogP contribution in [0.2, 0.25) is 0 Å². The van der Waals surface area contributed by atoms with Crippen LogP contribution >= 0.6 is 0 Å². The number of pyridine rings is 1. The summed E-state index contributed by atoms with van der Waals surface area (Å²) < 4.78 is 0. The third-order valence-corrected chi connectivity index (χ3v) is 2.64. The molecule has 0 unspecified atom stereocenters. The first-order valence-electron chi connectivity index (χ1n) is 5.91. The van der Waals surface area contributed by atoms with Gasteiger partial charge in [0.15, 0.2) is 0 Å². The Kier molecular flexibility index (Phi) is 5.43. The molecule has 1 aromatic heterocycles. The van der Waals surface area contributed by atoms with Crippen molar-refractivity contribution in [1.82, 2.24) is 9.88 Å². The van der Waals surface area contributed by atoms with E-state index in [2.05, 4.69) is 29.8 Å². The topological polar surface area (TPSA) is 36.4 Å². The summed E-state index contributed by atoms with van der Waals surface area (Å²) in [6, 6.07) is 6.59. The molecule has 0 saturated heterocycles. The zero-order valence-electron chi connectivity index (χ0n) is 10.5. The van der Waals surface area contributed by atoms with Gasteiger partial charge in [-0.25, -0.2) is 0 Å². The molecule has 1 rings (SSSR count). The lowest BCUT2D eigenvalue weighted by Gasteiger charge is -2.25. The first-order chi connectivity index (χ1) is 7.63. The number of nitrogens with zero attached hydrogens (tertiary/aromatic N) is 2. The van der Waals surface area contributed by atoms with Crippen LogP contribution in [0.15, 0.2) is 18.2 Å². The first-order valence-corrected chi connectivity index (χ1v) is 5.91. The van der Waals surface area contributed by atoms with Crippen molar-refractivity contribution in [3.63, 3.8) is 0 Å². The molecule has 0 aliphatic carbocycles. The van der Waals surface area contributed by atoms with Crippen molar-refractivity contribution < 1.29 is 5.11 Å². The van der Waals surface area contributed by atoms with E-state index in [1.165, 1.54) is 0 Å². The minimum absolute atomic E-state index is 0.254. The van der Waals surface area contributed by atoms with E-state index >= 15 is 0 Å². The smallest absolute Gasteiger partial charge is 0.0547 e.